The molecule has 0 rings (SSSR count). The van der Waals surface area contributed by atoms with Gasteiger partial charge in [0.05, 0.1) is 12.2 Å². The highest BCUT2D eigenvalue weighted by atomic mass is 16.3. The third kappa shape index (κ3) is 4.99. The van der Waals surface area contributed by atoms with Gasteiger partial charge in [0.25, 0.3) is 0 Å². The van der Waals surface area contributed by atoms with Crippen LogP contribution >= 0.6 is 0 Å². The fourth-order valence-electron chi connectivity index (χ4n) is 0.555. The summed E-state index contributed by atoms with van der Waals surface area (Å²) in [7, 11) is 0. The lowest BCUT2D eigenvalue weighted by Crippen LogP contribution is -2.23. The third-order valence-electron chi connectivity index (χ3n) is 1.46. The van der Waals surface area contributed by atoms with Crippen LogP contribution in [0.1, 0.15) is 27.7 Å². The maximum atomic E-state index is 9.44. The van der Waals surface area contributed by atoms with Crippen LogP contribution in [0.4, 0.5) is 0 Å². The van der Waals surface area contributed by atoms with Gasteiger partial charge in [-0.05, 0) is 12.3 Å². The summed E-state index contributed by atoms with van der Waals surface area (Å²) in [4.78, 5) is 0. The van der Waals surface area contributed by atoms with Crippen LogP contribution in [0.5, 0.6) is 0 Å². The summed E-state index contributed by atoms with van der Waals surface area (Å²) >= 11 is 0. The topological polar surface area (TPSA) is 40.5 Å². The van der Waals surface area contributed by atoms with Crippen LogP contribution in [0.3, 0.4) is 0 Å². The van der Waals surface area contributed by atoms with E-state index in [0.717, 1.165) is 0 Å². The molecule has 0 amide bonds. The van der Waals surface area contributed by atoms with E-state index in [2.05, 4.69) is 0 Å². The minimum absolute atomic E-state index is 0.147. The Morgan fingerprint density at radius 1 is 1.09 bits per heavy atom. The number of hydrogen-bond acceptors (Lipinski definition) is 2. The third-order valence-corrected chi connectivity index (χ3v) is 1.46. The number of rotatable bonds is 2. The number of hydrogen-bond donors (Lipinski definition) is 2. The van der Waals surface area contributed by atoms with Gasteiger partial charge in [-0.25, -0.2) is 0 Å². The first-order valence-corrected chi connectivity index (χ1v) is 3.88. The van der Waals surface area contributed by atoms with E-state index in [4.69, 9.17) is 5.11 Å². The standard InChI is InChI=1S/C9H18O2/c1-7(10)5-6-8(11)9(2,3)4/h5-8,10-11H,1-4H3. The van der Waals surface area contributed by atoms with Gasteiger partial charge in [0.1, 0.15) is 0 Å². The van der Waals surface area contributed by atoms with Crippen molar-refractivity contribution in [2.45, 2.75) is 39.9 Å². The van der Waals surface area contributed by atoms with Gasteiger partial charge in [0.2, 0.25) is 0 Å². The molecule has 0 saturated carbocycles. The zero-order chi connectivity index (χ0) is 9.07. The van der Waals surface area contributed by atoms with E-state index in [9.17, 15) is 5.11 Å². The summed E-state index contributed by atoms with van der Waals surface area (Å²) in [5, 5.41) is 18.3. The lowest BCUT2D eigenvalue weighted by molar-refractivity contribution is 0.104. The molecule has 2 N–H and O–H groups in total. The van der Waals surface area contributed by atoms with Crippen LogP contribution in [-0.2, 0) is 0 Å². The predicted molar refractivity (Wildman–Crippen MR) is 46.3 cm³/mol. The molecule has 0 saturated heterocycles. The average molecular weight is 158 g/mol. The number of aliphatic hydroxyl groups is 2. The van der Waals surface area contributed by atoms with E-state index in [1.54, 1.807) is 19.1 Å². The molecule has 66 valence electrons. The van der Waals surface area contributed by atoms with Crippen molar-refractivity contribution < 1.29 is 10.2 Å². The minimum Gasteiger partial charge on any atom is -0.389 e. The molecular weight excluding hydrogens is 140 g/mol. The van der Waals surface area contributed by atoms with Crippen molar-refractivity contribution in [1.82, 2.24) is 0 Å². The Hall–Kier alpha value is -0.340. The van der Waals surface area contributed by atoms with E-state index >= 15 is 0 Å². The molecule has 2 atom stereocenters. The maximum absolute atomic E-state index is 9.44. The Morgan fingerprint density at radius 2 is 1.55 bits per heavy atom. The molecule has 0 aliphatic heterocycles. The van der Waals surface area contributed by atoms with Crippen molar-refractivity contribution in [1.29, 1.82) is 0 Å². The van der Waals surface area contributed by atoms with Crippen molar-refractivity contribution in [2.24, 2.45) is 5.41 Å². The monoisotopic (exact) mass is 158 g/mol. The molecule has 11 heavy (non-hydrogen) atoms. The van der Waals surface area contributed by atoms with Crippen LogP contribution in [-0.4, -0.2) is 22.4 Å². The van der Waals surface area contributed by atoms with Crippen molar-refractivity contribution in [2.75, 3.05) is 0 Å². The van der Waals surface area contributed by atoms with Gasteiger partial charge in [-0.15, -0.1) is 0 Å². The highest BCUT2D eigenvalue weighted by Crippen LogP contribution is 2.19. The van der Waals surface area contributed by atoms with Gasteiger partial charge in [0.15, 0.2) is 0 Å². The van der Waals surface area contributed by atoms with E-state index in [-0.39, 0.29) is 5.41 Å². The fourth-order valence-corrected chi connectivity index (χ4v) is 0.555. The van der Waals surface area contributed by atoms with E-state index in [0.29, 0.717) is 0 Å². The van der Waals surface area contributed by atoms with Gasteiger partial charge in [-0.2, -0.15) is 0 Å². The van der Waals surface area contributed by atoms with Crippen molar-refractivity contribution in [3.63, 3.8) is 0 Å². The summed E-state index contributed by atoms with van der Waals surface area (Å²) in [6.07, 6.45) is 2.25. The average Bonchev–Trinajstić information content (AvgIpc) is 1.80. The zero-order valence-electron chi connectivity index (χ0n) is 7.70. The minimum atomic E-state index is -0.489. The second-order valence-electron chi connectivity index (χ2n) is 3.94. The fraction of sp³-hybridized carbons (Fsp3) is 0.778. The molecule has 0 radical (unpaired) electrons. The molecule has 2 nitrogen and oxygen atoms in total. The molecule has 0 aromatic carbocycles. The molecular formula is C9H18O2. The Morgan fingerprint density at radius 3 is 1.82 bits per heavy atom. The predicted octanol–water partition coefficient (Wildman–Crippen LogP) is 1.33. The second kappa shape index (κ2) is 3.88. The van der Waals surface area contributed by atoms with Crippen molar-refractivity contribution in [3.8, 4) is 0 Å². The van der Waals surface area contributed by atoms with Crippen LogP contribution in [0.15, 0.2) is 12.2 Å². The SMILES string of the molecule is CC(O)C=CC(O)C(C)(C)C. The molecule has 0 fully saturated rings. The van der Waals surface area contributed by atoms with E-state index < -0.39 is 12.2 Å². The lowest BCUT2D eigenvalue weighted by Gasteiger charge is -2.22. The first-order valence-electron chi connectivity index (χ1n) is 3.88. The quantitative estimate of drug-likeness (QED) is 0.595. The van der Waals surface area contributed by atoms with E-state index in [1.165, 1.54) is 0 Å². The summed E-state index contributed by atoms with van der Waals surface area (Å²) in [6, 6.07) is 0. The first-order chi connectivity index (χ1) is 4.84. The Labute approximate surface area is 68.6 Å². The Kier molecular flexibility index (Phi) is 3.76. The van der Waals surface area contributed by atoms with Gasteiger partial charge < -0.3 is 10.2 Å². The lowest BCUT2D eigenvalue weighted by atomic mass is 9.89. The summed E-state index contributed by atoms with van der Waals surface area (Å²) in [6.45, 7) is 7.50. The van der Waals surface area contributed by atoms with Crippen molar-refractivity contribution >= 4 is 0 Å². The molecule has 0 aromatic rings. The molecule has 0 spiro atoms. The molecule has 2 heteroatoms. The second-order valence-corrected chi connectivity index (χ2v) is 3.94. The van der Waals surface area contributed by atoms with Gasteiger partial charge in [-0.1, -0.05) is 32.9 Å². The van der Waals surface area contributed by atoms with Crippen LogP contribution in [0.25, 0.3) is 0 Å². The smallest absolute Gasteiger partial charge is 0.0770 e. The molecule has 0 bridgehead atoms. The normalized spacial score (nSPS) is 18.7. The summed E-state index contributed by atoms with van der Waals surface area (Å²) < 4.78 is 0. The van der Waals surface area contributed by atoms with Crippen LogP contribution in [0.2, 0.25) is 0 Å². The summed E-state index contributed by atoms with van der Waals surface area (Å²) in [5.41, 5.74) is -0.147. The molecule has 0 heterocycles. The Balaban J connectivity index is 3.97. The zero-order valence-corrected chi connectivity index (χ0v) is 7.70. The van der Waals surface area contributed by atoms with E-state index in [1.807, 2.05) is 20.8 Å². The highest BCUT2D eigenvalue weighted by molar-refractivity contribution is 4.96. The number of aliphatic hydroxyl groups excluding tert-OH is 2. The molecule has 0 aliphatic carbocycles. The van der Waals surface area contributed by atoms with Crippen molar-refractivity contribution in [3.05, 3.63) is 12.2 Å². The Bertz CT molecular complexity index is 131. The molecule has 0 aromatic heterocycles. The van der Waals surface area contributed by atoms with Gasteiger partial charge in [0, 0.05) is 0 Å². The largest absolute Gasteiger partial charge is 0.389 e. The van der Waals surface area contributed by atoms with Gasteiger partial charge >= 0.3 is 0 Å². The first kappa shape index (κ1) is 10.7. The van der Waals surface area contributed by atoms with Gasteiger partial charge in [-0.3, -0.25) is 0 Å². The highest BCUT2D eigenvalue weighted by Gasteiger charge is 2.18. The molecule has 2 unspecified atom stereocenters. The molecule has 0 aliphatic rings. The van der Waals surface area contributed by atoms with Crippen LogP contribution < -0.4 is 0 Å². The van der Waals surface area contributed by atoms with Crippen LogP contribution in [0, 0.1) is 5.41 Å². The maximum Gasteiger partial charge on any atom is 0.0770 e. The summed E-state index contributed by atoms with van der Waals surface area (Å²) in [5.74, 6) is 0.